The van der Waals surface area contributed by atoms with E-state index in [1.165, 1.54) is 12.1 Å². The van der Waals surface area contributed by atoms with Crippen LogP contribution in [0.15, 0.2) is 18.2 Å². The lowest BCUT2D eigenvalue weighted by atomic mass is 10.2. The van der Waals surface area contributed by atoms with Crippen molar-refractivity contribution in [2.24, 2.45) is 0 Å². The maximum absolute atomic E-state index is 11.8. The van der Waals surface area contributed by atoms with Crippen LogP contribution in [0.25, 0.3) is 0 Å². The highest BCUT2D eigenvalue weighted by molar-refractivity contribution is 14.1. The van der Waals surface area contributed by atoms with E-state index < -0.39 is 6.36 Å². The standard InChI is InChI=1S/C8H4F3IO2.C4H4INO2/c9-8(10,11)14-7-2-1-5(4-13)3-6(7)12;5-6-3(7)1-2-4(6)8/h1-4H;1-2H2. The van der Waals surface area contributed by atoms with Gasteiger partial charge in [-0.2, -0.15) is 0 Å². The smallest absolute Gasteiger partial charge is 0.405 e. The molecule has 22 heavy (non-hydrogen) atoms. The molecule has 1 heterocycles. The van der Waals surface area contributed by atoms with Crippen LogP contribution < -0.4 is 4.74 Å². The Morgan fingerprint density at radius 2 is 1.73 bits per heavy atom. The van der Waals surface area contributed by atoms with Crippen molar-refractivity contribution in [2.45, 2.75) is 19.2 Å². The van der Waals surface area contributed by atoms with Crippen LogP contribution in [0.3, 0.4) is 0 Å². The molecule has 120 valence electrons. The lowest BCUT2D eigenvalue weighted by Crippen LogP contribution is -2.17. The topological polar surface area (TPSA) is 63.7 Å². The first-order chi connectivity index (χ1) is 10.1. The number of nitrogens with zero attached hydrogens (tertiary/aromatic N) is 1. The molecule has 0 bridgehead atoms. The van der Waals surface area contributed by atoms with E-state index in [2.05, 4.69) is 4.74 Å². The largest absolute Gasteiger partial charge is 0.573 e. The summed E-state index contributed by atoms with van der Waals surface area (Å²) in [5, 5.41) is 0. The van der Waals surface area contributed by atoms with Crippen LogP contribution in [-0.2, 0) is 9.59 Å². The number of ether oxygens (including phenoxy) is 1. The molecule has 10 heteroatoms. The number of aldehydes is 1. The average molecular weight is 541 g/mol. The minimum absolute atomic E-state index is 0.0735. The van der Waals surface area contributed by atoms with Crippen LogP contribution in [0, 0.1) is 3.57 Å². The summed E-state index contributed by atoms with van der Waals surface area (Å²) in [6.07, 6.45) is -3.37. The molecule has 0 unspecified atom stereocenters. The predicted molar refractivity (Wildman–Crippen MR) is 86.3 cm³/mol. The summed E-state index contributed by atoms with van der Waals surface area (Å²) in [5.41, 5.74) is 0.309. The lowest BCUT2D eigenvalue weighted by Gasteiger charge is -2.10. The Kier molecular flexibility index (Phi) is 7.02. The van der Waals surface area contributed by atoms with Crippen molar-refractivity contribution >= 4 is 63.6 Å². The summed E-state index contributed by atoms with van der Waals surface area (Å²) >= 11 is 3.38. The van der Waals surface area contributed by atoms with Gasteiger partial charge < -0.3 is 4.74 Å². The molecule has 1 saturated heterocycles. The number of carbonyl (C=O) groups is 3. The van der Waals surface area contributed by atoms with Crippen molar-refractivity contribution in [2.75, 3.05) is 0 Å². The van der Waals surface area contributed by atoms with E-state index in [1.807, 2.05) is 0 Å². The molecule has 5 nitrogen and oxygen atoms in total. The number of benzene rings is 1. The maximum atomic E-state index is 11.8. The molecular weight excluding hydrogens is 533 g/mol. The Hall–Kier alpha value is -0.920. The Labute approximate surface area is 150 Å². The molecule has 1 fully saturated rings. The SMILES string of the molecule is O=C1CCC(=O)N1I.O=Cc1ccc(OC(F)(F)F)c(I)c1. The van der Waals surface area contributed by atoms with Crippen molar-refractivity contribution in [3.05, 3.63) is 27.3 Å². The third kappa shape index (κ3) is 6.06. The zero-order chi connectivity index (χ0) is 16.9. The van der Waals surface area contributed by atoms with Gasteiger partial charge >= 0.3 is 6.36 Å². The quantitative estimate of drug-likeness (QED) is 0.249. The van der Waals surface area contributed by atoms with Gasteiger partial charge in [0.25, 0.3) is 0 Å². The van der Waals surface area contributed by atoms with Crippen LogP contribution in [0.1, 0.15) is 23.2 Å². The maximum Gasteiger partial charge on any atom is 0.573 e. The third-order valence-electron chi connectivity index (χ3n) is 2.31. The summed E-state index contributed by atoms with van der Waals surface area (Å²) in [6, 6.07) is 3.68. The summed E-state index contributed by atoms with van der Waals surface area (Å²) in [6.45, 7) is 0. The fourth-order valence-electron chi connectivity index (χ4n) is 1.35. The molecule has 1 aromatic rings. The Morgan fingerprint density at radius 1 is 1.18 bits per heavy atom. The zero-order valence-electron chi connectivity index (χ0n) is 10.7. The normalized spacial score (nSPS) is 14.5. The molecule has 0 spiro atoms. The minimum Gasteiger partial charge on any atom is -0.405 e. The van der Waals surface area contributed by atoms with Gasteiger partial charge in [0.15, 0.2) is 0 Å². The van der Waals surface area contributed by atoms with E-state index in [1.54, 1.807) is 45.5 Å². The second-order valence-electron chi connectivity index (χ2n) is 3.92. The molecule has 1 aromatic carbocycles. The Bertz CT molecular complexity index is 576. The first kappa shape index (κ1) is 19.1. The van der Waals surface area contributed by atoms with Crippen LogP contribution in [-0.4, -0.2) is 27.6 Å². The molecule has 2 amide bonds. The predicted octanol–water partition coefficient (Wildman–Crippen LogP) is 3.49. The first-order valence-electron chi connectivity index (χ1n) is 5.66. The molecule has 0 saturated carbocycles. The molecule has 0 N–H and O–H groups in total. The molecule has 0 aliphatic carbocycles. The van der Waals surface area contributed by atoms with Gasteiger partial charge in [-0.05, 0) is 40.8 Å². The highest BCUT2D eigenvalue weighted by atomic mass is 127. The monoisotopic (exact) mass is 541 g/mol. The van der Waals surface area contributed by atoms with E-state index in [9.17, 15) is 27.6 Å². The van der Waals surface area contributed by atoms with E-state index in [0.717, 1.165) is 9.18 Å². The zero-order valence-corrected chi connectivity index (χ0v) is 15.0. The molecule has 2 rings (SSSR count). The van der Waals surface area contributed by atoms with Crippen LogP contribution >= 0.6 is 45.5 Å². The van der Waals surface area contributed by atoms with Gasteiger partial charge in [0.2, 0.25) is 11.8 Å². The third-order valence-corrected chi connectivity index (χ3v) is 4.23. The van der Waals surface area contributed by atoms with Gasteiger partial charge in [-0.15, -0.1) is 13.2 Å². The summed E-state index contributed by atoms with van der Waals surface area (Å²) in [4.78, 5) is 31.3. The summed E-state index contributed by atoms with van der Waals surface area (Å²) in [5.74, 6) is -0.449. The van der Waals surface area contributed by atoms with E-state index >= 15 is 0 Å². The second kappa shape index (κ2) is 8.08. The van der Waals surface area contributed by atoms with Gasteiger partial charge in [-0.1, -0.05) is 0 Å². The van der Waals surface area contributed by atoms with Crippen molar-refractivity contribution in [3.63, 3.8) is 0 Å². The molecule has 1 aliphatic heterocycles. The number of rotatable bonds is 2. The van der Waals surface area contributed by atoms with Crippen LogP contribution in [0.2, 0.25) is 0 Å². The number of alkyl halides is 3. The van der Waals surface area contributed by atoms with Crippen LogP contribution in [0.5, 0.6) is 5.75 Å². The molecule has 0 atom stereocenters. The Balaban J connectivity index is 0.000000255. The highest BCUT2D eigenvalue weighted by Gasteiger charge is 2.31. The van der Waals surface area contributed by atoms with Gasteiger partial charge in [0.1, 0.15) is 12.0 Å². The number of amides is 2. The van der Waals surface area contributed by atoms with Crippen LogP contribution in [0.4, 0.5) is 13.2 Å². The summed E-state index contributed by atoms with van der Waals surface area (Å²) < 4.78 is 40.5. The summed E-state index contributed by atoms with van der Waals surface area (Å²) in [7, 11) is 0. The van der Waals surface area contributed by atoms with E-state index in [-0.39, 0.29) is 21.1 Å². The number of halogens is 5. The molecule has 0 radical (unpaired) electrons. The van der Waals surface area contributed by atoms with Gasteiger partial charge in [-0.25, -0.2) is 3.11 Å². The van der Waals surface area contributed by atoms with Crippen molar-refractivity contribution in [3.8, 4) is 5.75 Å². The fourth-order valence-corrected chi connectivity index (χ4v) is 2.48. The highest BCUT2D eigenvalue weighted by Crippen LogP contribution is 2.27. The molecule has 1 aliphatic rings. The van der Waals surface area contributed by atoms with E-state index in [0.29, 0.717) is 24.7 Å². The second-order valence-corrected chi connectivity index (χ2v) is 6.05. The van der Waals surface area contributed by atoms with Gasteiger partial charge in [-0.3, -0.25) is 14.4 Å². The number of hydrogen-bond donors (Lipinski definition) is 0. The number of carbonyl (C=O) groups excluding carboxylic acids is 3. The average Bonchev–Trinajstić information content (AvgIpc) is 2.72. The Morgan fingerprint density at radius 3 is 2.05 bits per heavy atom. The molecule has 0 aromatic heterocycles. The first-order valence-corrected chi connectivity index (χ1v) is 7.70. The van der Waals surface area contributed by atoms with Crippen molar-refractivity contribution in [1.29, 1.82) is 0 Å². The fraction of sp³-hybridized carbons (Fsp3) is 0.250. The number of hydrogen-bond acceptors (Lipinski definition) is 4. The van der Waals surface area contributed by atoms with E-state index in [4.69, 9.17) is 0 Å². The molecular formula is C12H8F3I2NO4. The number of imide groups is 1. The van der Waals surface area contributed by atoms with Crippen molar-refractivity contribution in [1.82, 2.24) is 3.11 Å². The van der Waals surface area contributed by atoms with Gasteiger partial charge in [0, 0.05) is 18.4 Å². The minimum atomic E-state index is -4.71. The van der Waals surface area contributed by atoms with Crippen molar-refractivity contribution < 1.29 is 32.3 Å². The lowest BCUT2D eigenvalue weighted by molar-refractivity contribution is -0.275. The van der Waals surface area contributed by atoms with Gasteiger partial charge in [0.05, 0.1) is 26.4 Å².